The molecule has 0 atom stereocenters. The van der Waals surface area contributed by atoms with Crippen molar-refractivity contribution in [1.29, 1.82) is 0 Å². The minimum atomic E-state index is -0.474. The number of rotatable bonds is 1. The van der Waals surface area contributed by atoms with Gasteiger partial charge in [0.25, 0.3) is 0 Å². The SMILES string of the molecule is Cc1c(Cl)cc(Cl)cc1C1=CCN(C(=O)OC(C)(C)C)CC1. The summed E-state index contributed by atoms with van der Waals surface area (Å²) in [6.07, 6.45) is 2.53. The average Bonchev–Trinajstić information content (AvgIpc) is 2.41. The second-order valence-electron chi connectivity index (χ2n) is 6.47. The molecule has 0 spiro atoms. The van der Waals surface area contributed by atoms with Gasteiger partial charge in [0.2, 0.25) is 0 Å². The molecule has 2 rings (SSSR count). The average molecular weight is 342 g/mol. The van der Waals surface area contributed by atoms with Crippen LogP contribution in [0.4, 0.5) is 4.79 Å². The van der Waals surface area contributed by atoms with Gasteiger partial charge in [0, 0.05) is 23.1 Å². The molecule has 1 heterocycles. The van der Waals surface area contributed by atoms with E-state index in [1.165, 1.54) is 5.57 Å². The lowest BCUT2D eigenvalue weighted by Crippen LogP contribution is -2.39. The van der Waals surface area contributed by atoms with Gasteiger partial charge in [-0.05, 0) is 62.9 Å². The van der Waals surface area contributed by atoms with E-state index in [2.05, 4.69) is 0 Å². The third-order valence-corrected chi connectivity index (χ3v) is 4.13. The van der Waals surface area contributed by atoms with Crippen LogP contribution in [0.5, 0.6) is 0 Å². The van der Waals surface area contributed by atoms with Gasteiger partial charge in [0.1, 0.15) is 5.60 Å². The summed E-state index contributed by atoms with van der Waals surface area (Å²) in [4.78, 5) is 13.8. The largest absolute Gasteiger partial charge is 0.444 e. The molecule has 120 valence electrons. The predicted molar refractivity (Wildman–Crippen MR) is 91.6 cm³/mol. The molecule has 22 heavy (non-hydrogen) atoms. The fourth-order valence-corrected chi connectivity index (χ4v) is 2.88. The number of amides is 1. The highest BCUT2D eigenvalue weighted by Crippen LogP contribution is 2.32. The van der Waals surface area contributed by atoms with E-state index >= 15 is 0 Å². The van der Waals surface area contributed by atoms with Gasteiger partial charge < -0.3 is 9.64 Å². The van der Waals surface area contributed by atoms with Gasteiger partial charge in [-0.2, -0.15) is 0 Å². The molecule has 1 amide bonds. The maximum atomic E-state index is 12.1. The summed E-state index contributed by atoms with van der Waals surface area (Å²) in [6, 6.07) is 3.68. The highest BCUT2D eigenvalue weighted by molar-refractivity contribution is 6.35. The molecule has 1 aliphatic heterocycles. The molecule has 0 N–H and O–H groups in total. The van der Waals surface area contributed by atoms with Crippen LogP contribution in [0.25, 0.3) is 5.57 Å². The Morgan fingerprint density at radius 2 is 1.95 bits per heavy atom. The van der Waals surface area contributed by atoms with Crippen LogP contribution in [0.15, 0.2) is 18.2 Å². The molecule has 0 saturated carbocycles. The first kappa shape index (κ1) is 17.2. The Hall–Kier alpha value is -1.19. The van der Waals surface area contributed by atoms with E-state index < -0.39 is 5.60 Å². The van der Waals surface area contributed by atoms with Crippen molar-refractivity contribution >= 4 is 34.9 Å². The Balaban J connectivity index is 2.14. The zero-order chi connectivity index (χ0) is 16.5. The standard InChI is InChI=1S/C17H21Cl2NO2/c1-11-14(9-13(18)10-15(11)19)12-5-7-20(8-6-12)16(21)22-17(2,3)4/h5,9-10H,6-8H2,1-4H3. The number of hydrogen-bond acceptors (Lipinski definition) is 2. The number of carbonyl (C=O) groups is 1. The maximum Gasteiger partial charge on any atom is 0.410 e. The van der Waals surface area contributed by atoms with Gasteiger partial charge in [-0.1, -0.05) is 29.3 Å². The lowest BCUT2D eigenvalue weighted by atomic mass is 9.95. The van der Waals surface area contributed by atoms with Crippen molar-refractivity contribution < 1.29 is 9.53 Å². The highest BCUT2D eigenvalue weighted by atomic mass is 35.5. The van der Waals surface area contributed by atoms with Crippen LogP contribution < -0.4 is 0 Å². The minimum absolute atomic E-state index is 0.274. The lowest BCUT2D eigenvalue weighted by Gasteiger charge is -2.30. The van der Waals surface area contributed by atoms with Gasteiger partial charge in [-0.25, -0.2) is 4.79 Å². The van der Waals surface area contributed by atoms with Gasteiger partial charge in [0.15, 0.2) is 0 Å². The number of nitrogens with zero attached hydrogens (tertiary/aromatic N) is 1. The molecule has 0 radical (unpaired) electrons. The zero-order valence-electron chi connectivity index (χ0n) is 13.4. The van der Waals surface area contributed by atoms with E-state index in [0.29, 0.717) is 23.1 Å². The van der Waals surface area contributed by atoms with E-state index in [-0.39, 0.29) is 6.09 Å². The summed E-state index contributed by atoms with van der Waals surface area (Å²) in [7, 11) is 0. The van der Waals surface area contributed by atoms with Crippen molar-refractivity contribution in [1.82, 2.24) is 4.90 Å². The summed E-state index contributed by atoms with van der Waals surface area (Å²) in [6.45, 7) is 8.75. The van der Waals surface area contributed by atoms with Crippen molar-refractivity contribution in [2.75, 3.05) is 13.1 Å². The summed E-state index contributed by atoms with van der Waals surface area (Å²) in [5, 5.41) is 1.29. The molecule has 0 aromatic heterocycles. The van der Waals surface area contributed by atoms with Crippen LogP contribution in [0, 0.1) is 6.92 Å². The maximum absolute atomic E-state index is 12.1. The summed E-state index contributed by atoms with van der Waals surface area (Å²) in [5.74, 6) is 0. The third kappa shape index (κ3) is 4.17. The summed E-state index contributed by atoms with van der Waals surface area (Å²) < 4.78 is 5.40. The van der Waals surface area contributed by atoms with Crippen molar-refractivity contribution in [3.05, 3.63) is 39.4 Å². The molecule has 3 nitrogen and oxygen atoms in total. The monoisotopic (exact) mass is 341 g/mol. The Labute approximate surface area is 141 Å². The van der Waals surface area contributed by atoms with E-state index in [1.54, 1.807) is 11.0 Å². The normalized spacial score (nSPS) is 15.5. The van der Waals surface area contributed by atoms with E-state index in [0.717, 1.165) is 17.5 Å². The van der Waals surface area contributed by atoms with Crippen molar-refractivity contribution in [3.8, 4) is 0 Å². The number of carbonyl (C=O) groups excluding carboxylic acids is 1. The van der Waals surface area contributed by atoms with Gasteiger partial charge >= 0.3 is 6.09 Å². The van der Waals surface area contributed by atoms with Crippen LogP contribution in [0.2, 0.25) is 10.0 Å². The Bertz CT molecular complexity index is 618. The van der Waals surface area contributed by atoms with Crippen LogP contribution in [0.1, 0.15) is 38.3 Å². The van der Waals surface area contributed by atoms with Crippen LogP contribution in [-0.4, -0.2) is 29.7 Å². The minimum Gasteiger partial charge on any atom is -0.444 e. The fraction of sp³-hybridized carbons (Fsp3) is 0.471. The molecule has 0 unspecified atom stereocenters. The zero-order valence-corrected chi connectivity index (χ0v) is 14.9. The van der Waals surface area contributed by atoms with Gasteiger partial charge in [0.05, 0.1) is 0 Å². The second-order valence-corrected chi connectivity index (χ2v) is 7.31. The Kier molecular flexibility index (Phi) is 5.08. The summed E-state index contributed by atoms with van der Waals surface area (Å²) in [5.41, 5.74) is 2.77. The molecule has 1 aromatic carbocycles. The molecule has 0 fully saturated rings. The first-order valence-corrected chi connectivity index (χ1v) is 8.06. The van der Waals surface area contributed by atoms with Gasteiger partial charge in [-0.3, -0.25) is 0 Å². The Morgan fingerprint density at radius 1 is 1.27 bits per heavy atom. The number of halogens is 2. The third-order valence-electron chi connectivity index (χ3n) is 3.52. The van der Waals surface area contributed by atoms with E-state index in [1.807, 2.05) is 39.8 Å². The van der Waals surface area contributed by atoms with E-state index in [9.17, 15) is 4.79 Å². The molecule has 0 aliphatic carbocycles. The van der Waals surface area contributed by atoms with Crippen molar-refractivity contribution in [2.45, 2.75) is 39.7 Å². The molecule has 0 saturated heterocycles. The van der Waals surface area contributed by atoms with Crippen molar-refractivity contribution in [2.24, 2.45) is 0 Å². The topological polar surface area (TPSA) is 29.5 Å². The van der Waals surface area contributed by atoms with Crippen LogP contribution in [-0.2, 0) is 4.74 Å². The number of hydrogen-bond donors (Lipinski definition) is 0. The first-order chi connectivity index (χ1) is 10.2. The lowest BCUT2D eigenvalue weighted by molar-refractivity contribution is 0.0270. The summed E-state index contributed by atoms with van der Waals surface area (Å²) >= 11 is 12.3. The predicted octanol–water partition coefficient (Wildman–Crippen LogP) is 5.33. The molecule has 1 aromatic rings. The highest BCUT2D eigenvalue weighted by Gasteiger charge is 2.24. The molecule has 0 bridgehead atoms. The number of benzene rings is 1. The van der Waals surface area contributed by atoms with Gasteiger partial charge in [-0.15, -0.1) is 0 Å². The quantitative estimate of drug-likeness (QED) is 0.691. The van der Waals surface area contributed by atoms with Crippen LogP contribution >= 0.6 is 23.2 Å². The smallest absolute Gasteiger partial charge is 0.410 e. The van der Waals surface area contributed by atoms with Crippen molar-refractivity contribution in [3.63, 3.8) is 0 Å². The molecule has 5 heteroatoms. The molecule has 1 aliphatic rings. The molecular formula is C17H21Cl2NO2. The Morgan fingerprint density at radius 3 is 2.50 bits per heavy atom. The van der Waals surface area contributed by atoms with Crippen LogP contribution in [0.3, 0.4) is 0 Å². The first-order valence-electron chi connectivity index (χ1n) is 7.30. The number of ether oxygens (including phenoxy) is 1. The van der Waals surface area contributed by atoms with E-state index in [4.69, 9.17) is 27.9 Å². The fourth-order valence-electron chi connectivity index (χ4n) is 2.39. The second kappa shape index (κ2) is 6.51. The molecular weight excluding hydrogens is 321 g/mol.